The van der Waals surface area contributed by atoms with E-state index in [-0.39, 0.29) is 28.5 Å². The van der Waals surface area contributed by atoms with Crippen LogP contribution in [-0.2, 0) is 10.0 Å². The predicted octanol–water partition coefficient (Wildman–Crippen LogP) is 3.62. The monoisotopic (exact) mass is 518 g/mol. The number of carbonyl (C=O) groups is 1. The van der Waals surface area contributed by atoms with Crippen LogP contribution in [0.1, 0.15) is 18.5 Å². The number of phenols is 1. The summed E-state index contributed by atoms with van der Waals surface area (Å²) in [5.41, 5.74) is 1.53. The molecule has 1 fully saturated rings. The first-order valence-electron chi connectivity index (χ1n) is 10.9. The van der Waals surface area contributed by atoms with E-state index in [0.717, 1.165) is 0 Å². The zero-order valence-electron chi connectivity index (χ0n) is 19.2. The van der Waals surface area contributed by atoms with Gasteiger partial charge in [0.25, 0.3) is 10.0 Å². The van der Waals surface area contributed by atoms with Gasteiger partial charge in [0, 0.05) is 18.8 Å². The average Bonchev–Trinajstić information content (AvgIpc) is 3.20. The van der Waals surface area contributed by atoms with E-state index in [9.17, 15) is 23.4 Å². The Morgan fingerprint density at radius 2 is 1.86 bits per heavy atom. The van der Waals surface area contributed by atoms with E-state index in [0.29, 0.717) is 52.9 Å². The van der Waals surface area contributed by atoms with Crippen LogP contribution in [0.3, 0.4) is 0 Å². The molecule has 0 spiro atoms. The molecule has 1 aliphatic heterocycles. The summed E-state index contributed by atoms with van der Waals surface area (Å²) in [5.74, 6) is 0.192. The van der Waals surface area contributed by atoms with Gasteiger partial charge in [-0.3, -0.25) is 10.0 Å². The number of carbonyl (C=O) groups excluding carboxylic acids is 1. The lowest BCUT2D eigenvalue weighted by Crippen LogP contribution is -2.42. The Kier molecular flexibility index (Phi) is 7.15. The minimum Gasteiger partial charge on any atom is -0.508 e. The molecule has 0 saturated carbocycles. The normalized spacial score (nSPS) is 14.5. The standard InChI is InChI=1S/C23H26N4O6S2/c1-14-21(34-22(24-14)25-23(30)27-11-9-18(29)10-12-27)15-3-8-19(33-2)20(13-15)35(31,32)26-16-4-6-17(28)7-5-16/h3-8,13,18,26,28-29H,9-12H2,1-2H3,(H,24,25,30). The fourth-order valence-corrected chi connectivity index (χ4v) is 5.93. The number of amides is 2. The fourth-order valence-electron chi connectivity index (χ4n) is 3.72. The summed E-state index contributed by atoms with van der Waals surface area (Å²) in [6, 6.07) is 10.2. The molecule has 4 rings (SSSR count). The number of ether oxygens (including phenoxy) is 1. The number of piperidine rings is 1. The molecular formula is C23H26N4O6S2. The third-order valence-corrected chi connectivity index (χ3v) is 8.12. The zero-order valence-corrected chi connectivity index (χ0v) is 20.8. The lowest BCUT2D eigenvalue weighted by atomic mass is 10.1. The highest BCUT2D eigenvalue weighted by Crippen LogP contribution is 2.37. The van der Waals surface area contributed by atoms with Crippen molar-refractivity contribution in [2.45, 2.75) is 30.8 Å². The topological polar surface area (TPSA) is 141 Å². The maximum atomic E-state index is 13.1. The highest BCUT2D eigenvalue weighted by Gasteiger charge is 2.24. The summed E-state index contributed by atoms with van der Waals surface area (Å²) in [4.78, 5) is 19.3. The van der Waals surface area contributed by atoms with Crippen LogP contribution in [0.15, 0.2) is 47.4 Å². The Bertz CT molecular complexity index is 1320. The maximum Gasteiger partial charge on any atom is 0.323 e. The van der Waals surface area contributed by atoms with Crippen molar-refractivity contribution in [2.24, 2.45) is 0 Å². The largest absolute Gasteiger partial charge is 0.508 e. The molecular weight excluding hydrogens is 492 g/mol. The molecule has 1 aliphatic rings. The number of nitrogens with zero attached hydrogens (tertiary/aromatic N) is 2. The summed E-state index contributed by atoms with van der Waals surface area (Å²) >= 11 is 1.24. The number of aromatic hydroxyl groups is 1. The van der Waals surface area contributed by atoms with Gasteiger partial charge in [0.1, 0.15) is 16.4 Å². The number of phenolic OH excluding ortho intramolecular Hbond substituents is 1. The van der Waals surface area contributed by atoms with Crippen LogP contribution in [0.2, 0.25) is 0 Å². The van der Waals surface area contributed by atoms with Gasteiger partial charge >= 0.3 is 6.03 Å². The number of thiazole rings is 1. The second kappa shape index (κ2) is 10.1. The number of rotatable bonds is 6. The van der Waals surface area contributed by atoms with Crippen molar-refractivity contribution in [2.75, 3.05) is 30.2 Å². The maximum absolute atomic E-state index is 13.1. The molecule has 3 aromatic rings. The quantitative estimate of drug-likeness (QED) is 0.365. The smallest absolute Gasteiger partial charge is 0.323 e. The van der Waals surface area contributed by atoms with Crippen LogP contribution < -0.4 is 14.8 Å². The molecule has 0 unspecified atom stereocenters. The molecule has 2 amide bonds. The Morgan fingerprint density at radius 3 is 2.51 bits per heavy atom. The van der Waals surface area contributed by atoms with E-state index in [1.807, 2.05) is 0 Å². The lowest BCUT2D eigenvalue weighted by Gasteiger charge is -2.29. The molecule has 0 atom stereocenters. The minimum absolute atomic E-state index is 0.0222. The van der Waals surface area contributed by atoms with Crippen LogP contribution in [0.25, 0.3) is 10.4 Å². The number of hydrogen-bond acceptors (Lipinski definition) is 8. The molecule has 0 bridgehead atoms. The van der Waals surface area contributed by atoms with Crippen molar-refractivity contribution >= 4 is 38.2 Å². The zero-order chi connectivity index (χ0) is 25.2. The average molecular weight is 519 g/mol. The molecule has 0 aliphatic carbocycles. The van der Waals surface area contributed by atoms with Gasteiger partial charge in [0.15, 0.2) is 5.13 Å². The van der Waals surface area contributed by atoms with Crippen molar-refractivity contribution < 1.29 is 28.2 Å². The van der Waals surface area contributed by atoms with Crippen molar-refractivity contribution in [3.05, 3.63) is 48.2 Å². The number of aryl methyl sites for hydroxylation is 1. The van der Waals surface area contributed by atoms with Gasteiger partial charge in [-0.2, -0.15) is 0 Å². The first kappa shape index (κ1) is 24.8. The number of hydrogen-bond donors (Lipinski definition) is 4. The second-order valence-electron chi connectivity index (χ2n) is 8.10. The number of benzene rings is 2. The molecule has 12 heteroatoms. The van der Waals surface area contributed by atoms with E-state index in [2.05, 4.69) is 15.0 Å². The highest BCUT2D eigenvalue weighted by atomic mass is 32.2. The lowest BCUT2D eigenvalue weighted by molar-refractivity contribution is 0.0972. The van der Waals surface area contributed by atoms with Gasteiger partial charge in [-0.15, -0.1) is 0 Å². The number of aliphatic hydroxyl groups is 1. The molecule has 1 aromatic heterocycles. The number of anilines is 2. The van der Waals surface area contributed by atoms with E-state index >= 15 is 0 Å². The fraction of sp³-hybridized carbons (Fsp3) is 0.304. The number of sulfonamides is 1. The Balaban J connectivity index is 1.59. The molecule has 0 radical (unpaired) electrons. The van der Waals surface area contributed by atoms with Gasteiger partial charge in [0.2, 0.25) is 0 Å². The highest BCUT2D eigenvalue weighted by molar-refractivity contribution is 7.92. The van der Waals surface area contributed by atoms with E-state index < -0.39 is 10.0 Å². The van der Waals surface area contributed by atoms with Gasteiger partial charge in [-0.1, -0.05) is 11.3 Å². The van der Waals surface area contributed by atoms with Crippen molar-refractivity contribution in [1.82, 2.24) is 9.88 Å². The molecule has 186 valence electrons. The Labute approximate surface area is 207 Å². The van der Waals surface area contributed by atoms with Gasteiger partial charge < -0.3 is 19.8 Å². The van der Waals surface area contributed by atoms with Crippen molar-refractivity contribution in [3.63, 3.8) is 0 Å². The Morgan fingerprint density at radius 1 is 1.17 bits per heavy atom. The van der Waals surface area contributed by atoms with Crippen LogP contribution in [0.4, 0.5) is 15.6 Å². The third kappa shape index (κ3) is 5.66. The number of methoxy groups -OCH3 is 1. The molecule has 35 heavy (non-hydrogen) atoms. The summed E-state index contributed by atoms with van der Waals surface area (Å²) in [6.45, 7) is 2.72. The summed E-state index contributed by atoms with van der Waals surface area (Å²) in [7, 11) is -2.62. The van der Waals surface area contributed by atoms with Gasteiger partial charge in [-0.05, 0) is 67.8 Å². The van der Waals surface area contributed by atoms with E-state index in [1.165, 1.54) is 48.8 Å². The van der Waals surface area contributed by atoms with E-state index in [4.69, 9.17) is 4.74 Å². The first-order valence-corrected chi connectivity index (χ1v) is 13.2. The van der Waals surface area contributed by atoms with Crippen molar-refractivity contribution in [1.29, 1.82) is 0 Å². The third-order valence-electron chi connectivity index (χ3n) is 5.60. The molecule has 1 saturated heterocycles. The van der Waals surface area contributed by atoms with Crippen LogP contribution >= 0.6 is 11.3 Å². The molecule has 2 aromatic carbocycles. The Hall–Kier alpha value is -3.35. The minimum atomic E-state index is -4.01. The van der Waals surface area contributed by atoms with Crippen LogP contribution in [-0.4, -0.2) is 60.8 Å². The summed E-state index contributed by atoms with van der Waals surface area (Å²) < 4.78 is 34.1. The summed E-state index contributed by atoms with van der Waals surface area (Å²) in [6.07, 6.45) is 0.699. The first-order chi connectivity index (χ1) is 16.7. The van der Waals surface area contributed by atoms with Crippen LogP contribution in [0.5, 0.6) is 11.5 Å². The predicted molar refractivity (Wildman–Crippen MR) is 134 cm³/mol. The van der Waals surface area contributed by atoms with Crippen LogP contribution in [0, 0.1) is 6.92 Å². The van der Waals surface area contributed by atoms with Gasteiger partial charge in [-0.25, -0.2) is 18.2 Å². The van der Waals surface area contributed by atoms with Gasteiger partial charge in [0.05, 0.1) is 23.8 Å². The SMILES string of the molecule is COc1ccc(-c2sc(NC(=O)N3CCC(O)CC3)nc2C)cc1S(=O)(=O)Nc1ccc(O)cc1. The second-order valence-corrected chi connectivity index (χ2v) is 10.7. The molecule has 4 N–H and O–H groups in total. The van der Waals surface area contributed by atoms with Crippen molar-refractivity contribution in [3.8, 4) is 21.9 Å². The number of urea groups is 1. The van der Waals surface area contributed by atoms with E-state index in [1.54, 1.807) is 24.0 Å². The molecule has 2 heterocycles. The number of aliphatic hydroxyl groups excluding tert-OH is 1. The molecule has 10 nitrogen and oxygen atoms in total. The number of aromatic nitrogens is 1. The number of likely N-dealkylation sites (tertiary alicyclic amines) is 1. The number of nitrogens with one attached hydrogen (secondary N) is 2. The summed E-state index contributed by atoms with van der Waals surface area (Å²) in [5, 5.41) is 22.3.